The summed E-state index contributed by atoms with van der Waals surface area (Å²) in [6.07, 6.45) is 0.582. The van der Waals surface area contributed by atoms with Crippen molar-refractivity contribution < 1.29 is 9.47 Å². The monoisotopic (exact) mass is 280 g/mol. The largest absolute Gasteiger partial charge is 0.495 e. The number of fused-ring (bicyclic) bond motifs is 1. The van der Waals surface area contributed by atoms with Gasteiger partial charge in [0.05, 0.1) is 25.5 Å². The van der Waals surface area contributed by atoms with Crippen LogP contribution in [-0.2, 0) is 5.54 Å². The molecule has 2 aromatic carbocycles. The predicted molar refractivity (Wildman–Crippen MR) is 80.5 cm³/mol. The Hall–Kier alpha value is -2.67. The standard InChI is InChI=1S/C17H16N2O2/c1-20-16-9-5-3-7-14(16)19-17(12-18)10-11-21-15-8-4-2-6-13(15)17/h2-9,19H,10-11H2,1H3. The molecule has 21 heavy (non-hydrogen) atoms. The first-order chi connectivity index (χ1) is 10.3. The van der Waals surface area contributed by atoms with Crippen molar-refractivity contribution in [1.82, 2.24) is 0 Å². The Balaban J connectivity index is 2.05. The highest BCUT2D eigenvalue weighted by molar-refractivity contribution is 5.62. The molecule has 0 bridgehead atoms. The van der Waals surface area contributed by atoms with E-state index in [-0.39, 0.29) is 0 Å². The number of ether oxygens (including phenoxy) is 2. The summed E-state index contributed by atoms with van der Waals surface area (Å²) in [5, 5.41) is 13.2. The molecular formula is C17H16N2O2. The number of anilines is 1. The van der Waals surface area contributed by atoms with Crippen LogP contribution >= 0.6 is 0 Å². The van der Waals surface area contributed by atoms with Crippen LogP contribution in [0.15, 0.2) is 48.5 Å². The van der Waals surface area contributed by atoms with Gasteiger partial charge in [-0.15, -0.1) is 0 Å². The Morgan fingerprint density at radius 1 is 1.19 bits per heavy atom. The van der Waals surface area contributed by atoms with E-state index in [1.165, 1.54) is 0 Å². The van der Waals surface area contributed by atoms with Crippen LogP contribution in [0.5, 0.6) is 11.5 Å². The zero-order valence-electron chi connectivity index (χ0n) is 11.8. The van der Waals surface area contributed by atoms with E-state index in [1.54, 1.807) is 7.11 Å². The number of hydrogen-bond acceptors (Lipinski definition) is 4. The highest BCUT2D eigenvalue weighted by Gasteiger charge is 2.38. The van der Waals surface area contributed by atoms with Gasteiger partial charge in [0.15, 0.2) is 5.54 Å². The van der Waals surface area contributed by atoms with Crippen molar-refractivity contribution in [3.05, 3.63) is 54.1 Å². The summed E-state index contributed by atoms with van der Waals surface area (Å²) in [5.74, 6) is 1.48. The van der Waals surface area contributed by atoms with Crippen molar-refractivity contribution >= 4 is 5.69 Å². The summed E-state index contributed by atoms with van der Waals surface area (Å²) in [6.45, 7) is 0.507. The quantitative estimate of drug-likeness (QED) is 0.937. The minimum atomic E-state index is -0.802. The minimum Gasteiger partial charge on any atom is -0.495 e. The summed E-state index contributed by atoms with van der Waals surface area (Å²) in [4.78, 5) is 0. The van der Waals surface area contributed by atoms with Gasteiger partial charge < -0.3 is 14.8 Å². The Morgan fingerprint density at radius 2 is 1.95 bits per heavy atom. The lowest BCUT2D eigenvalue weighted by molar-refractivity contribution is 0.253. The normalized spacial score (nSPS) is 19.8. The molecule has 4 heteroatoms. The third-order valence-electron chi connectivity index (χ3n) is 3.73. The van der Waals surface area contributed by atoms with E-state index >= 15 is 0 Å². The van der Waals surface area contributed by atoms with E-state index in [0.717, 1.165) is 22.7 Å². The number of rotatable bonds is 3. The topological polar surface area (TPSA) is 54.3 Å². The maximum Gasteiger partial charge on any atom is 0.158 e. The van der Waals surface area contributed by atoms with Gasteiger partial charge in [0.25, 0.3) is 0 Å². The summed E-state index contributed by atoms with van der Waals surface area (Å²) in [6, 6.07) is 17.7. The molecular weight excluding hydrogens is 264 g/mol. The Labute approximate surface area is 123 Å². The summed E-state index contributed by atoms with van der Waals surface area (Å²) < 4.78 is 11.0. The van der Waals surface area contributed by atoms with Gasteiger partial charge in [-0.3, -0.25) is 0 Å². The van der Waals surface area contributed by atoms with E-state index in [4.69, 9.17) is 9.47 Å². The van der Waals surface area contributed by atoms with E-state index in [0.29, 0.717) is 13.0 Å². The summed E-state index contributed by atoms with van der Waals surface area (Å²) in [5.41, 5.74) is 0.867. The van der Waals surface area contributed by atoms with E-state index in [2.05, 4.69) is 11.4 Å². The molecule has 106 valence electrons. The first-order valence-corrected chi connectivity index (χ1v) is 6.84. The molecule has 4 nitrogen and oxygen atoms in total. The van der Waals surface area contributed by atoms with Crippen molar-refractivity contribution in [2.75, 3.05) is 19.0 Å². The lowest BCUT2D eigenvalue weighted by atomic mass is 9.85. The zero-order valence-corrected chi connectivity index (χ0v) is 11.8. The van der Waals surface area contributed by atoms with Crippen LogP contribution in [0.1, 0.15) is 12.0 Å². The number of nitrogens with zero attached hydrogens (tertiary/aromatic N) is 1. The smallest absolute Gasteiger partial charge is 0.158 e. The molecule has 1 N–H and O–H groups in total. The van der Waals surface area contributed by atoms with Gasteiger partial charge in [0, 0.05) is 12.0 Å². The van der Waals surface area contributed by atoms with Crippen molar-refractivity contribution in [3.8, 4) is 17.6 Å². The fraction of sp³-hybridized carbons (Fsp3) is 0.235. The molecule has 0 aliphatic carbocycles. The van der Waals surface area contributed by atoms with Gasteiger partial charge in [-0.2, -0.15) is 5.26 Å². The lowest BCUT2D eigenvalue weighted by Crippen LogP contribution is -2.39. The number of benzene rings is 2. The Kier molecular flexibility index (Phi) is 3.41. The van der Waals surface area contributed by atoms with Crippen LogP contribution in [0.4, 0.5) is 5.69 Å². The molecule has 0 spiro atoms. The van der Waals surface area contributed by atoms with Crippen LogP contribution in [0.2, 0.25) is 0 Å². The van der Waals surface area contributed by atoms with Gasteiger partial charge >= 0.3 is 0 Å². The van der Waals surface area contributed by atoms with Crippen LogP contribution in [0.25, 0.3) is 0 Å². The molecule has 1 aliphatic heterocycles. The average molecular weight is 280 g/mol. The first-order valence-electron chi connectivity index (χ1n) is 6.84. The summed E-state index contributed by atoms with van der Waals surface area (Å²) in [7, 11) is 1.62. The Bertz CT molecular complexity index is 693. The number of para-hydroxylation sites is 3. The van der Waals surface area contributed by atoms with Crippen molar-refractivity contribution in [2.45, 2.75) is 12.0 Å². The first kappa shape index (κ1) is 13.3. The van der Waals surface area contributed by atoms with Gasteiger partial charge in [0.1, 0.15) is 11.5 Å². The molecule has 1 unspecified atom stereocenters. The molecule has 0 amide bonds. The van der Waals surface area contributed by atoms with Crippen molar-refractivity contribution in [1.29, 1.82) is 5.26 Å². The highest BCUT2D eigenvalue weighted by atomic mass is 16.5. The number of nitrogens with one attached hydrogen (secondary N) is 1. The van der Waals surface area contributed by atoms with Crippen molar-refractivity contribution in [3.63, 3.8) is 0 Å². The Morgan fingerprint density at radius 3 is 2.76 bits per heavy atom. The van der Waals surface area contributed by atoms with E-state index in [1.807, 2.05) is 48.5 Å². The minimum absolute atomic E-state index is 0.507. The van der Waals surface area contributed by atoms with Gasteiger partial charge in [-0.1, -0.05) is 30.3 Å². The molecule has 3 rings (SSSR count). The van der Waals surface area contributed by atoms with Crippen LogP contribution < -0.4 is 14.8 Å². The second-order valence-corrected chi connectivity index (χ2v) is 4.94. The molecule has 0 fully saturated rings. The maximum atomic E-state index is 9.80. The third kappa shape index (κ3) is 2.27. The summed E-state index contributed by atoms with van der Waals surface area (Å²) >= 11 is 0. The fourth-order valence-electron chi connectivity index (χ4n) is 2.65. The average Bonchev–Trinajstić information content (AvgIpc) is 2.55. The van der Waals surface area contributed by atoms with E-state index < -0.39 is 5.54 Å². The fourth-order valence-corrected chi connectivity index (χ4v) is 2.65. The predicted octanol–water partition coefficient (Wildman–Crippen LogP) is 3.31. The van der Waals surface area contributed by atoms with Crippen LogP contribution in [0.3, 0.4) is 0 Å². The SMILES string of the molecule is COc1ccccc1NC1(C#N)CCOc2ccccc21. The number of methoxy groups -OCH3 is 1. The van der Waals surface area contributed by atoms with Gasteiger partial charge in [0.2, 0.25) is 0 Å². The van der Waals surface area contributed by atoms with Crippen molar-refractivity contribution in [2.24, 2.45) is 0 Å². The maximum absolute atomic E-state index is 9.80. The number of nitriles is 1. The second-order valence-electron chi connectivity index (χ2n) is 4.94. The number of hydrogen-bond donors (Lipinski definition) is 1. The highest BCUT2D eigenvalue weighted by Crippen LogP contribution is 2.40. The molecule has 1 atom stereocenters. The van der Waals surface area contributed by atoms with Crippen LogP contribution in [0, 0.1) is 11.3 Å². The molecule has 0 saturated carbocycles. The molecule has 0 radical (unpaired) electrons. The molecule has 1 aliphatic rings. The van der Waals surface area contributed by atoms with Crippen LogP contribution in [-0.4, -0.2) is 13.7 Å². The molecule has 1 heterocycles. The van der Waals surface area contributed by atoms with Gasteiger partial charge in [-0.05, 0) is 18.2 Å². The zero-order chi connectivity index (χ0) is 14.7. The van der Waals surface area contributed by atoms with E-state index in [9.17, 15) is 5.26 Å². The third-order valence-corrected chi connectivity index (χ3v) is 3.73. The second kappa shape index (κ2) is 5.37. The lowest BCUT2D eigenvalue weighted by Gasteiger charge is -2.35. The van der Waals surface area contributed by atoms with Gasteiger partial charge in [-0.25, -0.2) is 0 Å². The molecule has 0 aromatic heterocycles. The molecule has 2 aromatic rings. The molecule has 0 saturated heterocycles.